The lowest BCUT2D eigenvalue weighted by Gasteiger charge is -2.35. The second kappa shape index (κ2) is 13.3. The fraction of sp³-hybridized carbons (Fsp3) is 0.273. The summed E-state index contributed by atoms with van der Waals surface area (Å²) in [6.45, 7) is 4.44. The molecule has 1 aliphatic heterocycles. The van der Waals surface area contributed by atoms with Crippen LogP contribution in [0.2, 0.25) is 0 Å². The van der Waals surface area contributed by atoms with Crippen molar-refractivity contribution in [2.75, 3.05) is 25.0 Å². The van der Waals surface area contributed by atoms with Gasteiger partial charge in [0.1, 0.15) is 17.5 Å². The molecule has 1 saturated heterocycles. The number of rotatable bonds is 9. The Kier molecular flexibility index (Phi) is 9.48. The van der Waals surface area contributed by atoms with Gasteiger partial charge in [-0.1, -0.05) is 55.0 Å². The van der Waals surface area contributed by atoms with Crippen LogP contribution in [-0.2, 0) is 21.2 Å². The second-order valence-electron chi connectivity index (χ2n) is 11.0. The van der Waals surface area contributed by atoms with Gasteiger partial charge in [-0.3, -0.25) is 9.78 Å². The lowest BCUT2D eigenvalue weighted by atomic mass is 9.80. The maximum absolute atomic E-state index is 15.3. The van der Waals surface area contributed by atoms with E-state index < -0.39 is 51.3 Å². The maximum Gasteiger partial charge on any atom is 0.243 e. The minimum absolute atomic E-state index is 0.0338. The molecule has 1 aromatic heterocycles. The summed E-state index contributed by atoms with van der Waals surface area (Å²) in [5, 5.41) is 5.95. The van der Waals surface area contributed by atoms with E-state index in [1.54, 1.807) is 37.3 Å². The molecule has 7 nitrogen and oxygen atoms in total. The minimum atomic E-state index is -3.87. The molecule has 44 heavy (non-hydrogen) atoms. The van der Waals surface area contributed by atoms with Crippen molar-refractivity contribution in [1.82, 2.24) is 14.6 Å². The van der Waals surface area contributed by atoms with Gasteiger partial charge in [-0.05, 0) is 48.7 Å². The highest BCUT2D eigenvalue weighted by atomic mass is 32.2. The van der Waals surface area contributed by atoms with Crippen LogP contribution in [0.4, 0.5) is 18.9 Å². The normalized spacial score (nSPS) is 17.2. The zero-order valence-electron chi connectivity index (χ0n) is 24.3. The van der Waals surface area contributed by atoms with Crippen LogP contribution in [0.25, 0.3) is 0 Å². The molecule has 3 atom stereocenters. The molecule has 0 bridgehead atoms. The van der Waals surface area contributed by atoms with Gasteiger partial charge >= 0.3 is 0 Å². The lowest BCUT2D eigenvalue weighted by Crippen LogP contribution is -2.54. The highest BCUT2D eigenvalue weighted by molar-refractivity contribution is 7.89. The van der Waals surface area contributed by atoms with Crippen molar-refractivity contribution in [3.05, 3.63) is 125 Å². The number of nitrogens with one attached hydrogen (secondary N) is 2. The number of carbonyl (C=O) groups excluding carboxylic acids is 1. The zero-order chi connectivity index (χ0) is 31.4. The van der Waals surface area contributed by atoms with Crippen LogP contribution in [-0.4, -0.2) is 49.3 Å². The van der Waals surface area contributed by atoms with Crippen LogP contribution < -0.4 is 10.6 Å². The smallest absolute Gasteiger partial charge is 0.243 e. The first-order valence-electron chi connectivity index (χ1n) is 14.3. The number of hydrogen-bond donors (Lipinski definition) is 2. The van der Waals surface area contributed by atoms with Gasteiger partial charge in [0, 0.05) is 49.1 Å². The van der Waals surface area contributed by atoms with Crippen molar-refractivity contribution in [1.29, 1.82) is 0 Å². The number of benzene rings is 3. The molecule has 11 heteroatoms. The highest BCUT2D eigenvalue weighted by Crippen LogP contribution is 2.35. The molecule has 230 valence electrons. The first-order valence-corrected chi connectivity index (χ1v) is 15.7. The molecule has 1 amide bonds. The lowest BCUT2D eigenvalue weighted by molar-refractivity contribution is -0.119. The number of carbonyl (C=O) groups is 1. The molecule has 2 heterocycles. The summed E-state index contributed by atoms with van der Waals surface area (Å²) in [5.41, 5.74) is 2.13. The SMILES string of the molecule is Cc1ccc([C@@H](c2cc(F)cc(F)c2)[C@H](C)C(=O)Nc2cncc(F)c2CC2CNCCN2S(=O)(=O)c2ccccc2)cc1. The standard InChI is InChI=1S/C33H33F3N4O3S/c1-21-8-10-23(11-9-21)32(24-14-25(34)16-26(35)15-24)22(2)33(41)39-31-20-38-19-30(36)29(31)17-27-18-37-12-13-40(27)44(42,43)28-6-4-3-5-7-28/h3-11,14-16,19-20,22,27,32,37H,12-13,17-18H2,1-2H3,(H,39,41)/t22-,27?,32-/m0/s1. The third-order valence-corrected chi connectivity index (χ3v) is 9.91. The average Bonchev–Trinajstić information content (AvgIpc) is 3.00. The van der Waals surface area contributed by atoms with Crippen molar-refractivity contribution >= 4 is 21.6 Å². The summed E-state index contributed by atoms with van der Waals surface area (Å²) in [6.07, 6.45) is 2.30. The van der Waals surface area contributed by atoms with E-state index in [1.165, 1.54) is 34.8 Å². The van der Waals surface area contributed by atoms with Crippen LogP contribution in [0.1, 0.15) is 35.1 Å². The number of aryl methyl sites for hydroxylation is 1. The Morgan fingerprint density at radius 1 is 1.00 bits per heavy atom. The van der Waals surface area contributed by atoms with E-state index in [9.17, 15) is 22.0 Å². The number of pyridine rings is 1. The summed E-state index contributed by atoms with van der Waals surface area (Å²) in [6, 6.07) is 17.9. The van der Waals surface area contributed by atoms with E-state index >= 15 is 4.39 Å². The fourth-order valence-corrected chi connectivity index (χ4v) is 7.31. The molecule has 3 aromatic carbocycles. The maximum atomic E-state index is 15.3. The molecule has 5 rings (SSSR count). The molecule has 1 unspecified atom stereocenters. The van der Waals surface area contributed by atoms with E-state index in [-0.39, 0.29) is 41.2 Å². The summed E-state index contributed by atoms with van der Waals surface area (Å²) in [5.74, 6) is -4.32. The van der Waals surface area contributed by atoms with Crippen molar-refractivity contribution in [3.8, 4) is 0 Å². The van der Waals surface area contributed by atoms with Crippen molar-refractivity contribution < 1.29 is 26.4 Å². The molecular formula is C33H33F3N4O3S. The molecule has 4 aromatic rings. The van der Waals surface area contributed by atoms with Crippen LogP contribution in [0.5, 0.6) is 0 Å². The van der Waals surface area contributed by atoms with Gasteiger partial charge in [-0.25, -0.2) is 21.6 Å². The Balaban J connectivity index is 1.44. The largest absolute Gasteiger partial charge is 0.324 e. The number of piperazine rings is 1. The van der Waals surface area contributed by atoms with Gasteiger partial charge in [0.15, 0.2) is 0 Å². The Morgan fingerprint density at radius 3 is 2.36 bits per heavy atom. The van der Waals surface area contributed by atoms with Crippen molar-refractivity contribution in [2.24, 2.45) is 5.92 Å². The number of sulfonamides is 1. The number of anilines is 1. The van der Waals surface area contributed by atoms with Gasteiger partial charge < -0.3 is 10.6 Å². The Labute approximate surface area is 255 Å². The first-order chi connectivity index (χ1) is 21.0. The molecule has 0 saturated carbocycles. The Hall–Kier alpha value is -4.06. The molecule has 2 N–H and O–H groups in total. The average molecular weight is 623 g/mol. The molecule has 0 aliphatic carbocycles. The summed E-state index contributed by atoms with van der Waals surface area (Å²) in [4.78, 5) is 17.8. The Bertz CT molecular complexity index is 1720. The predicted octanol–water partition coefficient (Wildman–Crippen LogP) is 5.42. The number of aromatic nitrogens is 1. The first kappa shape index (κ1) is 31.4. The van der Waals surface area contributed by atoms with E-state index in [1.807, 2.05) is 19.1 Å². The fourth-order valence-electron chi connectivity index (χ4n) is 5.67. The summed E-state index contributed by atoms with van der Waals surface area (Å²) in [7, 11) is -3.87. The molecule has 0 spiro atoms. The second-order valence-corrected chi connectivity index (χ2v) is 12.9. The molecule has 1 aliphatic rings. The zero-order valence-corrected chi connectivity index (χ0v) is 25.1. The monoisotopic (exact) mass is 622 g/mol. The number of hydrogen-bond acceptors (Lipinski definition) is 5. The molecule has 0 radical (unpaired) electrons. The summed E-state index contributed by atoms with van der Waals surface area (Å²) < 4.78 is 72.3. The van der Waals surface area contributed by atoms with Crippen LogP contribution in [0.15, 0.2) is 90.1 Å². The quantitative estimate of drug-likeness (QED) is 0.260. The highest BCUT2D eigenvalue weighted by Gasteiger charge is 2.35. The van der Waals surface area contributed by atoms with E-state index in [2.05, 4.69) is 15.6 Å². The predicted molar refractivity (Wildman–Crippen MR) is 162 cm³/mol. The topological polar surface area (TPSA) is 91.4 Å². The van der Waals surface area contributed by atoms with E-state index in [0.717, 1.165) is 17.8 Å². The van der Waals surface area contributed by atoms with Gasteiger partial charge in [0.2, 0.25) is 15.9 Å². The van der Waals surface area contributed by atoms with E-state index in [4.69, 9.17) is 0 Å². The van der Waals surface area contributed by atoms with Crippen molar-refractivity contribution in [3.63, 3.8) is 0 Å². The minimum Gasteiger partial charge on any atom is -0.324 e. The Morgan fingerprint density at radius 2 is 1.68 bits per heavy atom. The van der Waals surface area contributed by atoms with Gasteiger partial charge in [0.05, 0.1) is 23.0 Å². The van der Waals surface area contributed by atoms with Crippen molar-refractivity contribution in [2.45, 2.75) is 37.1 Å². The number of halogens is 3. The third-order valence-electron chi connectivity index (χ3n) is 7.94. The van der Waals surface area contributed by atoms with Crippen LogP contribution in [0.3, 0.4) is 0 Å². The number of amides is 1. The van der Waals surface area contributed by atoms with E-state index in [0.29, 0.717) is 12.1 Å². The molecular weight excluding hydrogens is 589 g/mol. The van der Waals surface area contributed by atoms with Gasteiger partial charge in [0.25, 0.3) is 0 Å². The van der Waals surface area contributed by atoms with Crippen LogP contribution in [0, 0.1) is 30.3 Å². The van der Waals surface area contributed by atoms with Crippen LogP contribution >= 0.6 is 0 Å². The van der Waals surface area contributed by atoms with Gasteiger partial charge in [-0.2, -0.15) is 4.31 Å². The third kappa shape index (κ3) is 6.85. The number of nitrogens with zero attached hydrogens (tertiary/aromatic N) is 2. The van der Waals surface area contributed by atoms with Gasteiger partial charge in [-0.15, -0.1) is 0 Å². The summed E-state index contributed by atoms with van der Waals surface area (Å²) >= 11 is 0. The molecule has 1 fully saturated rings.